The molecule has 0 amide bonds. The van der Waals surface area contributed by atoms with Crippen molar-refractivity contribution < 1.29 is 23.7 Å². The van der Waals surface area contributed by atoms with Gasteiger partial charge in [-0.1, -0.05) is 41.5 Å². The molecule has 2 fully saturated rings. The van der Waals surface area contributed by atoms with E-state index in [-0.39, 0.29) is 17.7 Å². The SMILES string of the molecule is Cc1cn([C@@H]2O[C@H]3COO[Si](C(C)C)(C(C)CCC(C)SC(C)C)O[C@@H]3[C@H]2O)c(=O)[nH]c1=O. The average molecular weight is 503 g/mol. The Morgan fingerprint density at radius 3 is 2.55 bits per heavy atom. The lowest BCUT2D eigenvalue weighted by Gasteiger charge is -2.38. The molecule has 0 bridgehead atoms. The Balaban J connectivity index is 1.82. The first kappa shape index (κ1) is 26.6. The van der Waals surface area contributed by atoms with Gasteiger partial charge in [0.05, 0.1) is 0 Å². The summed E-state index contributed by atoms with van der Waals surface area (Å²) >= 11 is 1.96. The summed E-state index contributed by atoms with van der Waals surface area (Å²) < 4.78 is 19.9. The standard InChI is InChI=1S/C22H38N2O7SSi/c1-12(2)32-15(6)8-9-16(7)33(13(3)4)30-19-17(11-28-31-33)29-21(18(19)25)24-10-14(5)20(26)23-22(24)27/h10,12-13,15-19,21,25H,8-9,11H2,1-7H3,(H,23,26,27)/t15?,16?,17-,18+,19-,21+,33?/m0/s1. The first-order valence-electron chi connectivity index (χ1n) is 11.8. The maximum Gasteiger partial charge on any atom is 0.380 e. The maximum atomic E-state index is 12.4. The number of hydrogen-bond acceptors (Lipinski definition) is 8. The Morgan fingerprint density at radius 2 is 1.91 bits per heavy atom. The van der Waals surface area contributed by atoms with E-state index in [1.807, 2.05) is 11.8 Å². The summed E-state index contributed by atoms with van der Waals surface area (Å²) in [6, 6.07) is 0. The van der Waals surface area contributed by atoms with Crippen LogP contribution in [0.4, 0.5) is 0 Å². The Bertz CT molecular complexity index is 923. The smallest absolute Gasteiger partial charge is 0.380 e. The van der Waals surface area contributed by atoms with Crippen LogP contribution >= 0.6 is 11.8 Å². The van der Waals surface area contributed by atoms with Crippen molar-refractivity contribution in [2.24, 2.45) is 0 Å². The van der Waals surface area contributed by atoms with Crippen molar-refractivity contribution in [1.29, 1.82) is 0 Å². The van der Waals surface area contributed by atoms with Crippen LogP contribution in [0.25, 0.3) is 0 Å². The van der Waals surface area contributed by atoms with Gasteiger partial charge in [-0.15, -0.1) is 0 Å². The van der Waals surface area contributed by atoms with Gasteiger partial charge in [0.1, 0.15) is 24.9 Å². The van der Waals surface area contributed by atoms with Crippen molar-refractivity contribution in [1.82, 2.24) is 9.55 Å². The van der Waals surface area contributed by atoms with E-state index in [9.17, 15) is 14.7 Å². The van der Waals surface area contributed by atoms with Gasteiger partial charge in [0, 0.05) is 22.6 Å². The Labute approximate surface area is 200 Å². The zero-order valence-electron chi connectivity index (χ0n) is 20.6. The van der Waals surface area contributed by atoms with Gasteiger partial charge < -0.3 is 14.3 Å². The lowest BCUT2D eigenvalue weighted by Crippen LogP contribution is -2.53. The average Bonchev–Trinajstić information content (AvgIpc) is 2.90. The molecule has 188 valence electrons. The van der Waals surface area contributed by atoms with Crippen LogP contribution < -0.4 is 11.2 Å². The number of rotatable bonds is 8. The number of aryl methyl sites for hydroxylation is 1. The van der Waals surface area contributed by atoms with Crippen LogP contribution in [0.3, 0.4) is 0 Å². The van der Waals surface area contributed by atoms with Crippen molar-refractivity contribution in [3.8, 4) is 0 Å². The van der Waals surface area contributed by atoms with Gasteiger partial charge in [-0.3, -0.25) is 18.9 Å². The monoisotopic (exact) mass is 502 g/mol. The highest BCUT2D eigenvalue weighted by Crippen LogP contribution is 2.44. The first-order valence-corrected chi connectivity index (χ1v) is 14.7. The second-order valence-corrected chi connectivity index (χ2v) is 15.8. The van der Waals surface area contributed by atoms with Gasteiger partial charge in [-0.25, -0.2) is 9.68 Å². The molecule has 2 aliphatic heterocycles. The third kappa shape index (κ3) is 5.66. The summed E-state index contributed by atoms with van der Waals surface area (Å²) in [5, 5.41) is 12.3. The molecule has 0 radical (unpaired) electrons. The molecule has 1 aromatic heterocycles. The van der Waals surface area contributed by atoms with E-state index in [1.54, 1.807) is 6.92 Å². The number of aromatic amines is 1. The molecule has 3 rings (SSSR count). The number of aliphatic hydroxyl groups is 1. The molecule has 11 heteroatoms. The van der Waals surface area contributed by atoms with Crippen LogP contribution in [0.5, 0.6) is 0 Å². The molecule has 3 unspecified atom stereocenters. The maximum absolute atomic E-state index is 12.4. The van der Waals surface area contributed by atoms with Crippen molar-refractivity contribution in [2.75, 3.05) is 6.61 Å². The lowest BCUT2D eigenvalue weighted by molar-refractivity contribution is -0.242. The fourth-order valence-electron chi connectivity index (χ4n) is 4.65. The van der Waals surface area contributed by atoms with E-state index in [1.165, 1.54) is 10.8 Å². The summed E-state index contributed by atoms with van der Waals surface area (Å²) in [4.78, 5) is 32.0. The predicted octanol–water partition coefficient (Wildman–Crippen LogP) is 3.00. The third-order valence-corrected chi connectivity index (χ3v) is 12.0. The van der Waals surface area contributed by atoms with E-state index >= 15 is 0 Å². The van der Waals surface area contributed by atoms with Gasteiger partial charge in [0.2, 0.25) is 0 Å². The number of aromatic nitrogens is 2. The zero-order chi connectivity index (χ0) is 24.5. The highest BCUT2D eigenvalue weighted by Gasteiger charge is 2.58. The zero-order valence-corrected chi connectivity index (χ0v) is 22.4. The Kier molecular flexibility index (Phi) is 8.69. The van der Waals surface area contributed by atoms with Gasteiger partial charge >= 0.3 is 14.3 Å². The minimum atomic E-state index is -2.93. The number of nitrogens with one attached hydrogen (secondary N) is 1. The van der Waals surface area contributed by atoms with Crippen LogP contribution in [0.2, 0.25) is 11.1 Å². The highest BCUT2D eigenvalue weighted by atomic mass is 32.2. The van der Waals surface area contributed by atoms with Gasteiger partial charge in [-0.05, 0) is 30.6 Å². The lowest BCUT2D eigenvalue weighted by atomic mass is 10.1. The summed E-state index contributed by atoms with van der Waals surface area (Å²) in [5.41, 5.74) is -0.554. The van der Waals surface area contributed by atoms with Crippen LogP contribution in [0, 0.1) is 6.92 Å². The van der Waals surface area contributed by atoms with Crippen molar-refractivity contribution in [2.45, 2.75) is 107 Å². The molecule has 2 N–H and O–H groups in total. The van der Waals surface area contributed by atoms with Crippen LogP contribution in [0.15, 0.2) is 15.8 Å². The van der Waals surface area contributed by atoms with Crippen LogP contribution in [-0.4, -0.2) is 58.6 Å². The number of aliphatic hydroxyl groups excluding tert-OH is 1. The molecular formula is C22H38N2O7SSi. The second kappa shape index (κ2) is 10.8. The number of fused-ring (bicyclic) bond motifs is 1. The second-order valence-electron chi connectivity index (χ2n) is 9.83. The van der Waals surface area contributed by atoms with Crippen LogP contribution in [0.1, 0.15) is 66.2 Å². The first-order chi connectivity index (χ1) is 15.5. The van der Waals surface area contributed by atoms with Gasteiger partial charge in [0.25, 0.3) is 5.56 Å². The molecule has 3 heterocycles. The Hall–Kier alpha value is -0.953. The molecule has 33 heavy (non-hydrogen) atoms. The molecule has 0 aliphatic carbocycles. The summed E-state index contributed by atoms with van der Waals surface area (Å²) in [6.07, 6.45) is -0.0416. The van der Waals surface area contributed by atoms with E-state index < -0.39 is 44.3 Å². The van der Waals surface area contributed by atoms with E-state index in [4.69, 9.17) is 18.6 Å². The van der Waals surface area contributed by atoms with Gasteiger partial charge in [-0.2, -0.15) is 11.8 Å². The van der Waals surface area contributed by atoms with Crippen molar-refractivity contribution in [3.63, 3.8) is 0 Å². The molecule has 2 saturated heterocycles. The fraction of sp³-hybridized carbons (Fsp3) is 0.818. The number of ether oxygens (including phenoxy) is 1. The fourth-order valence-corrected chi connectivity index (χ4v) is 9.43. The molecular weight excluding hydrogens is 464 g/mol. The largest absolute Gasteiger partial charge is 0.386 e. The van der Waals surface area contributed by atoms with Gasteiger partial charge in [0.15, 0.2) is 6.23 Å². The number of nitrogens with zero attached hydrogens (tertiary/aromatic N) is 1. The van der Waals surface area contributed by atoms with E-state index in [0.29, 0.717) is 16.1 Å². The van der Waals surface area contributed by atoms with Crippen molar-refractivity contribution in [3.05, 3.63) is 32.6 Å². The minimum Gasteiger partial charge on any atom is -0.386 e. The Morgan fingerprint density at radius 1 is 1.21 bits per heavy atom. The highest BCUT2D eigenvalue weighted by molar-refractivity contribution is 8.00. The quantitative estimate of drug-likeness (QED) is 0.412. The third-order valence-electron chi connectivity index (χ3n) is 6.47. The molecule has 0 aromatic carbocycles. The molecule has 7 atom stereocenters. The van der Waals surface area contributed by atoms with E-state index in [0.717, 1.165) is 12.8 Å². The van der Waals surface area contributed by atoms with E-state index in [2.05, 4.69) is 46.5 Å². The summed E-state index contributed by atoms with van der Waals surface area (Å²) in [7, 11) is -2.93. The topological polar surface area (TPSA) is 112 Å². The molecule has 0 spiro atoms. The summed E-state index contributed by atoms with van der Waals surface area (Å²) in [5.74, 6) is 0. The predicted molar refractivity (Wildman–Crippen MR) is 130 cm³/mol. The normalized spacial score (nSPS) is 32.1. The molecule has 1 aromatic rings. The number of H-pyrrole nitrogens is 1. The molecule has 9 nitrogen and oxygen atoms in total. The van der Waals surface area contributed by atoms with Crippen LogP contribution in [-0.2, 0) is 18.6 Å². The summed E-state index contributed by atoms with van der Waals surface area (Å²) in [6.45, 7) is 14.6. The van der Waals surface area contributed by atoms with Crippen molar-refractivity contribution >= 4 is 20.3 Å². The molecule has 0 saturated carbocycles. The molecule has 2 aliphatic rings. The minimum absolute atomic E-state index is 0.0728. The number of hydrogen-bond donors (Lipinski definition) is 2. The number of thioether (sulfide) groups is 1.